The van der Waals surface area contributed by atoms with Crippen LogP contribution in [0.3, 0.4) is 0 Å². The molecule has 8 heteroatoms. The van der Waals surface area contributed by atoms with Crippen molar-refractivity contribution >= 4 is 11.6 Å². The molecule has 1 aliphatic heterocycles. The summed E-state index contributed by atoms with van der Waals surface area (Å²) in [5, 5.41) is 4.23. The van der Waals surface area contributed by atoms with Crippen LogP contribution in [-0.2, 0) is 11.0 Å². The van der Waals surface area contributed by atoms with E-state index in [4.69, 9.17) is 0 Å². The number of hydrogen-bond donors (Lipinski definition) is 0. The number of carbonyl (C=O) groups is 1. The van der Waals surface area contributed by atoms with Crippen molar-refractivity contribution in [2.24, 2.45) is 11.8 Å². The molecule has 2 aliphatic rings. The molecule has 2 fully saturated rings. The Hall–Kier alpha value is -2.12. The van der Waals surface area contributed by atoms with Gasteiger partial charge in [0.05, 0.1) is 5.69 Å². The van der Waals surface area contributed by atoms with Crippen LogP contribution >= 0.6 is 0 Å². The van der Waals surface area contributed by atoms with Gasteiger partial charge in [-0.2, -0.15) is 18.3 Å². The minimum absolute atomic E-state index is 0.0479. The quantitative estimate of drug-likeness (QED) is 0.813. The van der Waals surface area contributed by atoms with Gasteiger partial charge in [-0.05, 0) is 30.7 Å². The summed E-state index contributed by atoms with van der Waals surface area (Å²) in [6.07, 6.45) is -2.85. The lowest BCUT2D eigenvalue weighted by atomic mass is 10.1. The number of rotatable bonds is 3. The number of aromatic nitrogens is 3. The van der Waals surface area contributed by atoms with E-state index in [0.29, 0.717) is 30.4 Å². The summed E-state index contributed by atoms with van der Waals surface area (Å²) in [6.45, 7) is 6.85. The smallest absolute Gasteiger partial charge is 0.342 e. The van der Waals surface area contributed by atoms with Gasteiger partial charge in [-0.3, -0.25) is 4.79 Å². The largest absolute Gasteiger partial charge is 0.433 e. The van der Waals surface area contributed by atoms with Gasteiger partial charge >= 0.3 is 6.18 Å². The van der Waals surface area contributed by atoms with E-state index < -0.39 is 11.9 Å². The summed E-state index contributed by atoms with van der Waals surface area (Å²) in [6, 6.07) is 2.72. The van der Waals surface area contributed by atoms with Gasteiger partial charge in [0.25, 0.3) is 0 Å². The Morgan fingerprint density at radius 3 is 2.59 bits per heavy atom. The summed E-state index contributed by atoms with van der Waals surface area (Å²) >= 11 is 0. The zero-order chi connectivity index (χ0) is 19.5. The molecule has 1 aliphatic carbocycles. The molecule has 0 N–H and O–H groups in total. The first-order valence-corrected chi connectivity index (χ1v) is 9.41. The fraction of sp³-hybridized carbons (Fsp3) is 0.632. The van der Waals surface area contributed by atoms with Crippen molar-refractivity contribution < 1.29 is 18.0 Å². The number of fused-ring (bicyclic) bond motifs is 1. The van der Waals surface area contributed by atoms with E-state index in [0.717, 1.165) is 23.4 Å². The maximum Gasteiger partial charge on any atom is 0.433 e. The third-order valence-corrected chi connectivity index (χ3v) is 5.69. The Morgan fingerprint density at radius 1 is 1.30 bits per heavy atom. The van der Waals surface area contributed by atoms with Gasteiger partial charge in [0.15, 0.2) is 5.65 Å². The second-order valence-corrected chi connectivity index (χ2v) is 8.15. The van der Waals surface area contributed by atoms with Crippen molar-refractivity contribution in [3.8, 4) is 0 Å². The average molecular weight is 380 g/mol. The van der Waals surface area contributed by atoms with Crippen molar-refractivity contribution in [2.75, 3.05) is 13.1 Å². The summed E-state index contributed by atoms with van der Waals surface area (Å²) in [5.74, 6) is 0.574. The molecule has 5 nitrogen and oxygen atoms in total. The van der Waals surface area contributed by atoms with Gasteiger partial charge in [-0.15, -0.1) is 0 Å². The van der Waals surface area contributed by atoms with Crippen LogP contribution in [0, 0.1) is 11.8 Å². The Labute approximate surface area is 155 Å². The van der Waals surface area contributed by atoms with E-state index in [2.05, 4.69) is 17.0 Å². The normalized spacial score (nSPS) is 25.6. The molecule has 2 aromatic rings. The van der Waals surface area contributed by atoms with Crippen molar-refractivity contribution in [3.63, 3.8) is 0 Å². The van der Waals surface area contributed by atoms with Crippen LogP contribution in [0.2, 0.25) is 0 Å². The Balaban J connectivity index is 1.64. The monoisotopic (exact) mass is 380 g/mol. The summed E-state index contributed by atoms with van der Waals surface area (Å²) in [7, 11) is 0. The second kappa shape index (κ2) is 6.21. The SMILES string of the molecule is CC(C)c1cc(C(F)(F)F)n2nc(C3CCN(C(=O)C4CC4C)C3)cc2n1. The van der Waals surface area contributed by atoms with Crippen LogP contribution in [0.25, 0.3) is 5.65 Å². The summed E-state index contributed by atoms with van der Waals surface area (Å²) < 4.78 is 41.4. The van der Waals surface area contributed by atoms with Crippen LogP contribution in [0.15, 0.2) is 12.1 Å². The van der Waals surface area contributed by atoms with Gasteiger partial charge in [0.1, 0.15) is 5.69 Å². The number of hydrogen-bond acceptors (Lipinski definition) is 3. The van der Waals surface area contributed by atoms with Crippen LogP contribution in [0.5, 0.6) is 0 Å². The molecule has 0 bridgehead atoms. The number of nitrogens with zero attached hydrogens (tertiary/aromatic N) is 4. The third-order valence-electron chi connectivity index (χ3n) is 5.69. The molecule has 3 heterocycles. The zero-order valence-electron chi connectivity index (χ0n) is 15.6. The molecule has 27 heavy (non-hydrogen) atoms. The highest BCUT2D eigenvalue weighted by Crippen LogP contribution is 2.41. The van der Waals surface area contributed by atoms with E-state index >= 15 is 0 Å². The first-order valence-electron chi connectivity index (χ1n) is 9.41. The van der Waals surface area contributed by atoms with Gasteiger partial charge in [0.2, 0.25) is 5.91 Å². The van der Waals surface area contributed by atoms with Crippen molar-refractivity contribution in [1.82, 2.24) is 19.5 Å². The standard InChI is InChI=1S/C19H23F3N4O/c1-10(2)14-7-16(19(20,21)22)26-17(23-14)8-15(24-26)12-4-5-25(9-12)18(27)13-6-11(13)3/h7-8,10-13H,4-6,9H2,1-3H3. The highest BCUT2D eigenvalue weighted by molar-refractivity contribution is 5.82. The lowest BCUT2D eigenvalue weighted by Crippen LogP contribution is -2.30. The van der Waals surface area contributed by atoms with Gasteiger partial charge in [0, 0.05) is 36.7 Å². The molecule has 3 atom stereocenters. The van der Waals surface area contributed by atoms with E-state index in [1.165, 1.54) is 0 Å². The Bertz CT molecular complexity index is 889. The van der Waals surface area contributed by atoms with Gasteiger partial charge in [-0.1, -0.05) is 20.8 Å². The molecule has 1 saturated carbocycles. The molecular weight excluding hydrogens is 357 g/mol. The maximum absolute atomic E-state index is 13.5. The molecule has 0 radical (unpaired) electrons. The number of carbonyl (C=O) groups excluding carboxylic acids is 1. The molecule has 1 saturated heterocycles. The molecule has 4 rings (SSSR count). The summed E-state index contributed by atoms with van der Waals surface area (Å²) in [4.78, 5) is 18.6. The van der Waals surface area contributed by atoms with Crippen LogP contribution in [0.1, 0.15) is 62.5 Å². The molecule has 0 aromatic carbocycles. The van der Waals surface area contributed by atoms with Crippen LogP contribution in [0.4, 0.5) is 13.2 Å². The predicted molar refractivity (Wildman–Crippen MR) is 93.3 cm³/mol. The van der Waals surface area contributed by atoms with Crippen molar-refractivity contribution in [3.05, 3.63) is 29.2 Å². The first-order chi connectivity index (χ1) is 12.6. The number of likely N-dealkylation sites (tertiary alicyclic amines) is 1. The lowest BCUT2D eigenvalue weighted by Gasteiger charge is -2.15. The van der Waals surface area contributed by atoms with Crippen molar-refractivity contribution in [1.29, 1.82) is 0 Å². The van der Waals surface area contributed by atoms with E-state index in [9.17, 15) is 18.0 Å². The zero-order valence-corrected chi connectivity index (χ0v) is 15.6. The number of amides is 1. The number of alkyl halides is 3. The average Bonchev–Trinajstić information content (AvgIpc) is 3.02. The van der Waals surface area contributed by atoms with Gasteiger partial charge in [-0.25, -0.2) is 9.50 Å². The van der Waals surface area contributed by atoms with E-state index in [1.807, 2.05) is 18.7 Å². The fourth-order valence-electron chi connectivity index (χ4n) is 3.81. The second-order valence-electron chi connectivity index (χ2n) is 8.15. The first kappa shape index (κ1) is 18.3. The Kier molecular flexibility index (Phi) is 4.20. The number of halogens is 3. The van der Waals surface area contributed by atoms with Crippen LogP contribution in [-0.4, -0.2) is 38.5 Å². The molecular formula is C19H23F3N4O. The minimum atomic E-state index is -4.51. The fourth-order valence-corrected chi connectivity index (χ4v) is 3.81. The highest BCUT2D eigenvalue weighted by Gasteiger charge is 2.43. The molecule has 0 spiro atoms. The van der Waals surface area contributed by atoms with Crippen LogP contribution < -0.4 is 0 Å². The molecule has 1 amide bonds. The topological polar surface area (TPSA) is 50.5 Å². The van der Waals surface area contributed by atoms with E-state index in [1.54, 1.807) is 6.07 Å². The molecule has 2 aromatic heterocycles. The Morgan fingerprint density at radius 2 is 2.00 bits per heavy atom. The van der Waals surface area contributed by atoms with Crippen molar-refractivity contribution in [2.45, 2.75) is 51.6 Å². The molecule has 3 unspecified atom stereocenters. The third kappa shape index (κ3) is 3.30. The summed E-state index contributed by atoms with van der Waals surface area (Å²) in [5.41, 5.74) is 0.379. The van der Waals surface area contributed by atoms with E-state index in [-0.39, 0.29) is 29.3 Å². The predicted octanol–water partition coefficient (Wildman–Crippen LogP) is 3.84. The molecule has 146 valence electrons. The minimum Gasteiger partial charge on any atom is -0.342 e. The van der Waals surface area contributed by atoms with Gasteiger partial charge < -0.3 is 4.90 Å². The lowest BCUT2D eigenvalue weighted by molar-refractivity contribution is -0.142. The maximum atomic E-state index is 13.5. The highest BCUT2D eigenvalue weighted by atomic mass is 19.4.